The van der Waals surface area contributed by atoms with Gasteiger partial charge in [0.05, 0.1) is 17.4 Å². The molecule has 1 N–H and O–H groups in total. The molecule has 0 aliphatic rings. The number of nitrogens with one attached hydrogen (secondary N) is 1. The largest absolute Gasteiger partial charge is 0.443 e. The molecule has 3 rings (SSSR count). The van der Waals surface area contributed by atoms with Crippen molar-refractivity contribution in [3.8, 4) is 0 Å². The predicted molar refractivity (Wildman–Crippen MR) is 78.6 cm³/mol. The molecule has 0 spiro atoms. The predicted octanol–water partition coefficient (Wildman–Crippen LogP) is 3.39. The van der Waals surface area contributed by atoms with Crippen molar-refractivity contribution in [2.45, 2.75) is 32.9 Å². The van der Waals surface area contributed by atoms with Crippen molar-refractivity contribution in [1.29, 1.82) is 0 Å². The van der Waals surface area contributed by atoms with Gasteiger partial charge >= 0.3 is 0 Å². The van der Waals surface area contributed by atoms with Gasteiger partial charge in [-0.25, -0.2) is 4.98 Å². The fraction of sp³-hybridized carbons (Fsp3) is 0.333. The summed E-state index contributed by atoms with van der Waals surface area (Å²) in [5.41, 5.74) is 3.76. The van der Waals surface area contributed by atoms with Crippen LogP contribution >= 0.6 is 0 Å². The van der Waals surface area contributed by atoms with Gasteiger partial charge in [-0.2, -0.15) is 5.10 Å². The van der Waals surface area contributed by atoms with Gasteiger partial charge < -0.3 is 9.73 Å². The number of hydrogen-bond acceptors (Lipinski definition) is 4. The second kappa shape index (κ2) is 4.67. The van der Waals surface area contributed by atoms with Gasteiger partial charge in [0.1, 0.15) is 5.52 Å². The van der Waals surface area contributed by atoms with E-state index < -0.39 is 0 Å². The lowest BCUT2D eigenvalue weighted by Crippen LogP contribution is -2.21. The minimum atomic E-state index is 0.00434. The third-order valence-corrected chi connectivity index (χ3v) is 3.17. The second-order valence-electron chi connectivity index (χ2n) is 5.82. The number of nitrogens with zero attached hydrogens (tertiary/aromatic N) is 3. The number of oxazole rings is 1. The Kier molecular flexibility index (Phi) is 2.97. The van der Waals surface area contributed by atoms with Gasteiger partial charge in [-0.15, -0.1) is 0 Å². The Morgan fingerprint density at radius 2 is 2.15 bits per heavy atom. The number of aromatic nitrogens is 3. The normalized spacial score (nSPS) is 11.9. The van der Waals surface area contributed by atoms with E-state index in [9.17, 15) is 0 Å². The molecule has 104 valence electrons. The third kappa shape index (κ3) is 2.39. The minimum absolute atomic E-state index is 0.00434. The second-order valence-corrected chi connectivity index (χ2v) is 5.82. The highest BCUT2D eigenvalue weighted by atomic mass is 16.3. The van der Waals surface area contributed by atoms with E-state index in [-0.39, 0.29) is 5.54 Å². The topological polar surface area (TPSA) is 55.9 Å². The molecule has 2 aromatic heterocycles. The highest BCUT2D eigenvalue weighted by molar-refractivity contribution is 5.86. The molecule has 3 aromatic rings. The Morgan fingerprint density at radius 1 is 1.30 bits per heavy atom. The minimum Gasteiger partial charge on any atom is -0.443 e. The molecule has 0 bridgehead atoms. The summed E-state index contributed by atoms with van der Waals surface area (Å²) in [6.45, 7) is 7.11. The zero-order valence-electron chi connectivity index (χ0n) is 11.9. The van der Waals surface area contributed by atoms with Crippen LogP contribution in [0.3, 0.4) is 0 Å². The molecule has 5 heteroatoms. The van der Waals surface area contributed by atoms with E-state index in [1.165, 1.54) is 6.39 Å². The maximum absolute atomic E-state index is 5.29. The molecule has 1 aromatic carbocycles. The van der Waals surface area contributed by atoms with Gasteiger partial charge in [-0.1, -0.05) is 6.07 Å². The van der Waals surface area contributed by atoms with Crippen molar-refractivity contribution in [1.82, 2.24) is 14.8 Å². The number of benzene rings is 1. The van der Waals surface area contributed by atoms with Crippen LogP contribution in [0.15, 0.2) is 41.4 Å². The average Bonchev–Trinajstić information content (AvgIpc) is 3.04. The highest BCUT2D eigenvalue weighted by Crippen LogP contribution is 2.22. The van der Waals surface area contributed by atoms with Gasteiger partial charge in [0.15, 0.2) is 12.0 Å². The van der Waals surface area contributed by atoms with Crippen LogP contribution in [0.25, 0.3) is 11.1 Å². The molecule has 0 radical (unpaired) electrons. The van der Waals surface area contributed by atoms with Crippen LogP contribution in [0.5, 0.6) is 0 Å². The highest BCUT2D eigenvalue weighted by Gasteiger charge is 2.14. The van der Waals surface area contributed by atoms with Crippen molar-refractivity contribution in [2.24, 2.45) is 0 Å². The Morgan fingerprint density at radius 3 is 2.90 bits per heavy atom. The molecule has 0 saturated heterocycles. The smallest absolute Gasteiger partial charge is 0.182 e. The van der Waals surface area contributed by atoms with E-state index in [0.717, 1.165) is 22.4 Å². The summed E-state index contributed by atoms with van der Waals surface area (Å²) < 4.78 is 7.26. The van der Waals surface area contributed by atoms with Crippen molar-refractivity contribution >= 4 is 16.8 Å². The molecule has 0 amide bonds. The van der Waals surface area contributed by atoms with E-state index in [4.69, 9.17) is 4.42 Å². The van der Waals surface area contributed by atoms with Crippen LogP contribution in [0.1, 0.15) is 26.3 Å². The van der Waals surface area contributed by atoms with Gasteiger partial charge in [-0.05, 0) is 32.9 Å². The molecule has 0 saturated carbocycles. The van der Waals surface area contributed by atoms with Crippen molar-refractivity contribution < 1.29 is 4.42 Å². The monoisotopic (exact) mass is 270 g/mol. The SMILES string of the molecule is CC(C)(C)n1cc(CNc2cccc3ocnc23)cn1. The Hall–Kier alpha value is -2.30. The standard InChI is InChI=1S/C15H18N4O/c1-15(2,3)19-9-11(8-18-19)7-16-12-5-4-6-13-14(12)17-10-20-13/h4-6,8-10,16H,7H2,1-3H3. The quantitative estimate of drug-likeness (QED) is 0.792. The van der Waals surface area contributed by atoms with Gasteiger partial charge in [-0.3, -0.25) is 4.68 Å². The lowest BCUT2D eigenvalue weighted by Gasteiger charge is -2.18. The lowest BCUT2D eigenvalue weighted by atomic mass is 10.1. The van der Waals surface area contributed by atoms with Crippen LogP contribution in [-0.2, 0) is 12.1 Å². The number of anilines is 1. The van der Waals surface area contributed by atoms with Crippen molar-refractivity contribution in [3.63, 3.8) is 0 Å². The molecule has 5 nitrogen and oxygen atoms in total. The first-order valence-electron chi connectivity index (χ1n) is 6.64. The molecule has 0 aliphatic heterocycles. The number of hydrogen-bond donors (Lipinski definition) is 1. The fourth-order valence-corrected chi connectivity index (χ4v) is 2.04. The summed E-state index contributed by atoms with van der Waals surface area (Å²) in [5, 5.41) is 7.77. The zero-order valence-corrected chi connectivity index (χ0v) is 11.9. The number of rotatable bonds is 3. The van der Waals surface area contributed by atoms with Crippen LogP contribution in [-0.4, -0.2) is 14.8 Å². The van der Waals surface area contributed by atoms with E-state index in [1.807, 2.05) is 29.1 Å². The molecule has 0 aliphatic carbocycles. The molecular formula is C15H18N4O. The maximum atomic E-state index is 5.29. The third-order valence-electron chi connectivity index (χ3n) is 3.17. The summed E-state index contributed by atoms with van der Waals surface area (Å²) in [6, 6.07) is 5.86. The summed E-state index contributed by atoms with van der Waals surface area (Å²) in [5.74, 6) is 0. The van der Waals surface area contributed by atoms with Gasteiger partial charge in [0, 0.05) is 18.3 Å². The first kappa shape index (κ1) is 12.7. The number of fused-ring (bicyclic) bond motifs is 1. The van der Waals surface area contributed by atoms with Crippen LogP contribution in [0.2, 0.25) is 0 Å². The molecular weight excluding hydrogens is 252 g/mol. The number of para-hydroxylation sites is 1. The molecule has 0 unspecified atom stereocenters. The Balaban J connectivity index is 1.76. The zero-order chi connectivity index (χ0) is 14.2. The van der Waals surface area contributed by atoms with Crippen LogP contribution in [0, 0.1) is 0 Å². The van der Waals surface area contributed by atoms with Crippen LogP contribution < -0.4 is 5.32 Å². The van der Waals surface area contributed by atoms with Crippen molar-refractivity contribution in [2.75, 3.05) is 5.32 Å². The molecule has 0 atom stereocenters. The van der Waals surface area contributed by atoms with E-state index in [2.05, 4.69) is 42.4 Å². The first-order valence-corrected chi connectivity index (χ1v) is 6.64. The summed E-state index contributed by atoms with van der Waals surface area (Å²) in [7, 11) is 0. The Bertz CT molecular complexity index is 721. The van der Waals surface area contributed by atoms with Crippen molar-refractivity contribution in [3.05, 3.63) is 42.5 Å². The Labute approximate surface area is 117 Å². The summed E-state index contributed by atoms with van der Waals surface area (Å²) in [4.78, 5) is 4.23. The van der Waals surface area contributed by atoms with Gasteiger partial charge in [0.25, 0.3) is 0 Å². The molecule has 20 heavy (non-hydrogen) atoms. The molecule has 2 heterocycles. The van der Waals surface area contributed by atoms with E-state index >= 15 is 0 Å². The van der Waals surface area contributed by atoms with E-state index in [1.54, 1.807) is 0 Å². The summed E-state index contributed by atoms with van der Waals surface area (Å²) in [6.07, 6.45) is 5.42. The maximum Gasteiger partial charge on any atom is 0.182 e. The average molecular weight is 270 g/mol. The summed E-state index contributed by atoms with van der Waals surface area (Å²) >= 11 is 0. The fourth-order valence-electron chi connectivity index (χ4n) is 2.04. The first-order chi connectivity index (χ1) is 9.54. The molecule has 0 fully saturated rings. The van der Waals surface area contributed by atoms with E-state index in [0.29, 0.717) is 6.54 Å². The van der Waals surface area contributed by atoms with Gasteiger partial charge in [0.2, 0.25) is 0 Å². The lowest BCUT2D eigenvalue weighted by molar-refractivity contribution is 0.355. The van der Waals surface area contributed by atoms with Crippen LogP contribution in [0.4, 0.5) is 5.69 Å².